The Morgan fingerprint density at radius 2 is 0.735 bits per heavy atom. The maximum absolute atomic E-state index is 12.4. The van der Waals surface area contributed by atoms with E-state index in [1.165, 1.54) is 231 Å². The van der Waals surface area contributed by atoms with Crippen LogP contribution < -0.4 is 5.32 Å². The molecule has 0 aliphatic carbocycles. The standard InChI is InChI=1S/C62H117NO5/c1-3-5-7-9-11-13-15-16-17-25-29-32-36-40-44-48-52-56-62(67)68-57-53-49-45-41-37-33-30-27-24-22-20-18-19-21-23-26-28-31-35-39-43-47-51-55-61(66)63-59(58-64)60(65)54-50-46-42-38-34-14-12-10-8-6-4-2/h16-18,20-21,23,59-60,64-65H,3-15,19,22,24-58H2,1-2H3,(H,63,66)/b17-16-,20-18-,23-21-. The first kappa shape index (κ1) is 66.1. The molecular formula is C62H117NO5. The number of ether oxygens (including phenoxy) is 1. The van der Waals surface area contributed by atoms with Gasteiger partial charge in [0.05, 0.1) is 25.4 Å². The molecule has 400 valence electrons. The summed E-state index contributed by atoms with van der Waals surface area (Å²) < 4.78 is 5.48. The number of aliphatic hydroxyl groups excluding tert-OH is 2. The van der Waals surface area contributed by atoms with Crippen molar-refractivity contribution in [1.82, 2.24) is 5.32 Å². The fourth-order valence-electron chi connectivity index (χ4n) is 9.25. The molecule has 0 aromatic rings. The highest BCUT2D eigenvalue weighted by atomic mass is 16.5. The first-order valence-corrected chi connectivity index (χ1v) is 30.2. The second-order valence-electron chi connectivity index (χ2n) is 20.7. The Bertz CT molecular complexity index is 1100. The largest absolute Gasteiger partial charge is 0.466 e. The van der Waals surface area contributed by atoms with Crippen LogP contribution in [0, 0.1) is 0 Å². The number of carbonyl (C=O) groups is 2. The molecule has 2 unspecified atom stereocenters. The summed E-state index contributed by atoms with van der Waals surface area (Å²) in [6.45, 7) is 4.94. The van der Waals surface area contributed by atoms with Crippen LogP contribution in [0.4, 0.5) is 0 Å². The average molecular weight is 957 g/mol. The topological polar surface area (TPSA) is 95.9 Å². The average Bonchev–Trinajstić information content (AvgIpc) is 3.34. The highest BCUT2D eigenvalue weighted by Crippen LogP contribution is 2.17. The molecule has 6 nitrogen and oxygen atoms in total. The fourth-order valence-corrected chi connectivity index (χ4v) is 9.25. The highest BCUT2D eigenvalue weighted by molar-refractivity contribution is 5.76. The minimum Gasteiger partial charge on any atom is -0.466 e. The van der Waals surface area contributed by atoms with Crippen molar-refractivity contribution in [2.75, 3.05) is 13.2 Å². The number of carbonyl (C=O) groups excluding carboxylic acids is 2. The summed E-state index contributed by atoms with van der Waals surface area (Å²) in [6, 6.07) is -0.548. The number of allylic oxidation sites excluding steroid dienone is 6. The molecule has 0 aromatic heterocycles. The molecule has 0 bridgehead atoms. The van der Waals surface area contributed by atoms with E-state index in [0.29, 0.717) is 25.9 Å². The third-order valence-electron chi connectivity index (χ3n) is 13.9. The molecule has 0 spiro atoms. The molecule has 0 rings (SSSR count). The van der Waals surface area contributed by atoms with Crippen molar-refractivity contribution in [3.8, 4) is 0 Å². The summed E-state index contributed by atoms with van der Waals surface area (Å²) in [5.41, 5.74) is 0. The molecule has 0 saturated heterocycles. The molecule has 0 heterocycles. The van der Waals surface area contributed by atoms with Gasteiger partial charge in [0.15, 0.2) is 0 Å². The van der Waals surface area contributed by atoms with Gasteiger partial charge in [-0.05, 0) is 83.5 Å². The summed E-state index contributed by atoms with van der Waals surface area (Å²) in [5.74, 6) is -0.0427. The van der Waals surface area contributed by atoms with Gasteiger partial charge in [-0.15, -0.1) is 0 Å². The predicted octanol–water partition coefficient (Wildman–Crippen LogP) is 18.8. The minimum absolute atomic E-state index is 0.00360. The molecule has 0 aromatic carbocycles. The lowest BCUT2D eigenvalue weighted by Gasteiger charge is -2.22. The number of amides is 1. The van der Waals surface area contributed by atoms with Gasteiger partial charge in [-0.1, -0.05) is 262 Å². The van der Waals surface area contributed by atoms with E-state index in [4.69, 9.17) is 4.74 Å². The lowest BCUT2D eigenvalue weighted by Crippen LogP contribution is -2.45. The van der Waals surface area contributed by atoms with Crippen LogP contribution in [0.1, 0.15) is 322 Å². The zero-order valence-electron chi connectivity index (χ0n) is 45.6. The predicted molar refractivity (Wildman–Crippen MR) is 296 cm³/mol. The van der Waals surface area contributed by atoms with Crippen LogP contribution in [0.15, 0.2) is 36.5 Å². The lowest BCUT2D eigenvalue weighted by atomic mass is 10.0. The van der Waals surface area contributed by atoms with Gasteiger partial charge in [-0.2, -0.15) is 0 Å². The number of aliphatic hydroxyl groups is 2. The van der Waals surface area contributed by atoms with Gasteiger partial charge < -0.3 is 20.3 Å². The van der Waals surface area contributed by atoms with Crippen molar-refractivity contribution in [3.63, 3.8) is 0 Å². The molecule has 0 aliphatic rings. The van der Waals surface area contributed by atoms with E-state index in [9.17, 15) is 19.8 Å². The van der Waals surface area contributed by atoms with Gasteiger partial charge in [0, 0.05) is 12.8 Å². The second-order valence-corrected chi connectivity index (χ2v) is 20.7. The summed E-state index contributed by atoms with van der Waals surface area (Å²) >= 11 is 0. The number of unbranched alkanes of at least 4 members (excludes halogenated alkanes) is 39. The molecular weight excluding hydrogens is 839 g/mol. The third-order valence-corrected chi connectivity index (χ3v) is 13.9. The van der Waals surface area contributed by atoms with Crippen molar-refractivity contribution < 1.29 is 24.5 Å². The summed E-state index contributed by atoms with van der Waals surface area (Å²) in [6.07, 6.45) is 71.5. The molecule has 68 heavy (non-hydrogen) atoms. The number of esters is 1. The van der Waals surface area contributed by atoms with Gasteiger partial charge in [0.25, 0.3) is 0 Å². The first-order valence-electron chi connectivity index (χ1n) is 30.2. The van der Waals surface area contributed by atoms with Crippen LogP contribution in [0.2, 0.25) is 0 Å². The smallest absolute Gasteiger partial charge is 0.305 e. The van der Waals surface area contributed by atoms with E-state index in [2.05, 4.69) is 55.6 Å². The normalized spacial score (nSPS) is 12.8. The van der Waals surface area contributed by atoms with Crippen LogP contribution >= 0.6 is 0 Å². The molecule has 0 saturated carbocycles. The van der Waals surface area contributed by atoms with Crippen molar-refractivity contribution in [2.24, 2.45) is 0 Å². The third kappa shape index (κ3) is 53.4. The Morgan fingerprint density at radius 1 is 0.412 bits per heavy atom. The van der Waals surface area contributed by atoms with Crippen molar-refractivity contribution in [1.29, 1.82) is 0 Å². The van der Waals surface area contributed by atoms with Crippen LogP contribution in [-0.4, -0.2) is 47.4 Å². The van der Waals surface area contributed by atoms with Crippen molar-refractivity contribution in [2.45, 2.75) is 334 Å². The highest BCUT2D eigenvalue weighted by Gasteiger charge is 2.20. The Balaban J connectivity index is 3.42. The zero-order chi connectivity index (χ0) is 49.3. The SMILES string of the molecule is CCCCCCCC/C=C\CCCCCCCCCC(=O)OCCCCCCCCCCC/C=C\C/C=C\CCCCCCCCCC(=O)NC(CO)C(O)CCCCCCCCCCCCC. The van der Waals surface area contributed by atoms with E-state index < -0.39 is 12.1 Å². The van der Waals surface area contributed by atoms with Gasteiger partial charge >= 0.3 is 5.97 Å². The molecule has 0 fully saturated rings. The van der Waals surface area contributed by atoms with E-state index in [-0.39, 0.29) is 18.5 Å². The lowest BCUT2D eigenvalue weighted by molar-refractivity contribution is -0.143. The number of hydrogen-bond acceptors (Lipinski definition) is 5. The molecule has 0 radical (unpaired) electrons. The van der Waals surface area contributed by atoms with Crippen LogP contribution in [0.5, 0.6) is 0 Å². The Morgan fingerprint density at radius 3 is 1.13 bits per heavy atom. The van der Waals surface area contributed by atoms with E-state index in [1.807, 2.05) is 0 Å². The van der Waals surface area contributed by atoms with Gasteiger partial charge in [0.2, 0.25) is 5.91 Å². The van der Waals surface area contributed by atoms with Crippen molar-refractivity contribution in [3.05, 3.63) is 36.5 Å². The van der Waals surface area contributed by atoms with Crippen LogP contribution in [0.25, 0.3) is 0 Å². The van der Waals surface area contributed by atoms with Crippen LogP contribution in [0.3, 0.4) is 0 Å². The molecule has 3 N–H and O–H groups in total. The molecule has 2 atom stereocenters. The zero-order valence-corrected chi connectivity index (χ0v) is 45.6. The number of rotatable bonds is 56. The van der Waals surface area contributed by atoms with E-state index in [1.54, 1.807) is 0 Å². The Hall–Kier alpha value is -1.92. The minimum atomic E-state index is -0.670. The maximum Gasteiger partial charge on any atom is 0.305 e. The summed E-state index contributed by atoms with van der Waals surface area (Å²) in [5, 5.41) is 23.2. The van der Waals surface area contributed by atoms with Gasteiger partial charge in [-0.25, -0.2) is 0 Å². The fraction of sp³-hybridized carbons (Fsp3) is 0.871. The Labute approximate surface area is 424 Å². The summed E-state index contributed by atoms with van der Waals surface area (Å²) in [4.78, 5) is 24.5. The van der Waals surface area contributed by atoms with E-state index >= 15 is 0 Å². The Kier molecular flexibility index (Phi) is 56.0. The van der Waals surface area contributed by atoms with Gasteiger partial charge in [0.1, 0.15) is 0 Å². The number of hydrogen-bond donors (Lipinski definition) is 3. The molecule has 0 aliphatic heterocycles. The monoisotopic (exact) mass is 956 g/mol. The second kappa shape index (κ2) is 57.7. The van der Waals surface area contributed by atoms with Crippen molar-refractivity contribution >= 4 is 11.9 Å². The molecule has 6 heteroatoms. The summed E-state index contributed by atoms with van der Waals surface area (Å²) in [7, 11) is 0. The molecule has 1 amide bonds. The van der Waals surface area contributed by atoms with E-state index in [0.717, 1.165) is 57.8 Å². The quantitative estimate of drug-likeness (QED) is 0.0321. The van der Waals surface area contributed by atoms with Crippen LogP contribution in [-0.2, 0) is 14.3 Å². The number of nitrogens with one attached hydrogen (secondary N) is 1. The maximum atomic E-state index is 12.4. The van der Waals surface area contributed by atoms with Gasteiger partial charge in [-0.3, -0.25) is 9.59 Å². The first-order chi connectivity index (χ1) is 33.5.